The lowest BCUT2D eigenvalue weighted by Gasteiger charge is -2.45. The van der Waals surface area contributed by atoms with Gasteiger partial charge in [0.25, 0.3) is 12.4 Å². The zero-order valence-corrected chi connectivity index (χ0v) is 18.2. The number of imidazole rings is 1. The maximum Gasteiger partial charge on any atom is 0.290 e. The highest BCUT2D eigenvalue weighted by atomic mass is 16.5. The Kier molecular flexibility index (Phi) is 7.47. The zero-order valence-electron chi connectivity index (χ0n) is 18.2. The molecule has 2 aliphatic rings. The SMILES string of the molecule is COc1ccc(CNC(=O)C2Cn3ccnc3C3(CCN(C(C)=O)CC3)O2)cc1.O=CO. The smallest absolute Gasteiger partial charge is 0.290 e. The summed E-state index contributed by atoms with van der Waals surface area (Å²) in [5, 5.41) is 9.86. The number of hydrogen-bond acceptors (Lipinski definition) is 6. The molecule has 0 aliphatic carbocycles. The van der Waals surface area contributed by atoms with E-state index in [1.165, 1.54) is 0 Å². The number of methoxy groups -OCH3 is 1. The molecule has 4 rings (SSSR count). The van der Waals surface area contributed by atoms with Crippen LogP contribution in [0.5, 0.6) is 5.75 Å². The molecule has 10 heteroatoms. The number of hydrogen-bond donors (Lipinski definition) is 2. The van der Waals surface area contributed by atoms with Crippen molar-refractivity contribution in [2.24, 2.45) is 0 Å². The van der Waals surface area contributed by atoms with Crippen LogP contribution in [0.15, 0.2) is 36.7 Å². The Balaban J connectivity index is 0.000000913. The molecule has 10 nitrogen and oxygen atoms in total. The minimum atomic E-state index is -0.629. The summed E-state index contributed by atoms with van der Waals surface area (Å²) in [6, 6.07) is 7.59. The standard InChI is InChI=1S/C21H26N4O4.CH2O2/c1-15(26)24-10-7-21(8-11-24)20-22-9-12-25(20)14-18(29-21)19(27)23-13-16-3-5-17(28-2)6-4-16;2-1-3/h3-6,9,12,18H,7-8,10-11,13-14H2,1-2H3,(H,23,27);1H,(H,2,3). The normalized spacial score (nSPS) is 18.7. The van der Waals surface area contributed by atoms with Crippen LogP contribution in [0.25, 0.3) is 0 Å². The van der Waals surface area contributed by atoms with Gasteiger partial charge >= 0.3 is 0 Å². The highest BCUT2D eigenvalue weighted by Gasteiger charge is 2.47. The van der Waals surface area contributed by atoms with Gasteiger partial charge in [-0.15, -0.1) is 0 Å². The molecule has 2 N–H and O–H groups in total. The highest BCUT2D eigenvalue weighted by Crippen LogP contribution is 2.40. The largest absolute Gasteiger partial charge is 0.497 e. The summed E-state index contributed by atoms with van der Waals surface area (Å²) in [5.41, 5.74) is 0.360. The van der Waals surface area contributed by atoms with Gasteiger partial charge in [0, 0.05) is 51.8 Å². The van der Waals surface area contributed by atoms with Crippen LogP contribution in [0, 0.1) is 0 Å². The first-order valence-corrected chi connectivity index (χ1v) is 10.4. The van der Waals surface area contributed by atoms with Gasteiger partial charge in [0.2, 0.25) is 5.91 Å². The van der Waals surface area contributed by atoms with Crippen LogP contribution in [0.1, 0.15) is 31.2 Å². The second kappa shape index (κ2) is 10.3. The van der Waals surface area contributed by atoms with E-state index in [0.29, 0.717) is 39.0 Å². The van der Waals surface area contributed by atoms with E-state index in [9.17, 15) is 9.59 Å². The molecule has 1 aromatic carbocycles. The van der Waals surface area contributed by atoms with Crippen LogP contribution >= 0.6 is 0 Å². The monoisotopic (exact) mass is 444 g/mol. The van der Waals surface area contributed by atoms with Crippen molar-refractivity contribution in [3.63, 3.8) is 0 Å². The summed E-state index contributed by atoms with van der Waals surface area (Å²) in [6.07, 6.45) is 4.30. The first-order valence-electron chi connectivity index (χ1n) is 10.4. The van der Waals surface area contributed by atoms with Gasteiger partial charge in [-0.2, -0.15) is 0 Å². The summed E-state index contributed by atoms with van der Waals surface area (Å²) in [4.78, 5) is 39.2. The number of fused-ring (bicyclic) bond motifs is 2. The Morgan fingerprint density at radius 2 is 1.97 bits per heavy atom. The summed E-state index contributed by atoms with van der Waals surface area (Å²) in [7, 11) is 1.62. The van der Waals surface area contributed by atoms with E-state index < -0.39 is 11.7 Å². The summed E-state index contributed by atoms with van der Waals surface area (Å²) >= 11 is 0. The minimum Gasteiger partial charge on any atom is -0.497 e. The predicted octanol–water partition coefficient (Wildman–Crippen LogP) is 1.15. The molecule has 1 atom stereocenters. The Bertz CT molecular complexity index is 934. The summed E-state index contributed by atoms with van der Waals surface area (Å²) < 4.78 is 13.5. The third-order valence-corrected chi connectivity index (χ3v) is 5.79. The molecular formula is C22H28N4O6. The summed E-state index contributed by atoms with van der Waals surface area (Å²) in [6.45, 7) is 3.38. The van der Waals surface area contributed by atoms with E-state index in [2.05, 4.69) is 10.3 Å². The molecule has 1 fully saturated rings. The molecule has 0 saturated carbocycles. The fraction of sp³-hybridized carbons (Fsp3) is 0.455. The van der Waals surface area contributed by atoms with E-state index in [4.69, 9.17) is 19.4 Å². The number of nitrogens with zero attached hydrogens (tertiary/aromatic N) is 3. The van der Waals surface area contributed by atoms with Crippen molar-refractivity contribution < 1.29 is 29.0 Å². The lowest BCUT2D eigenvalue weighted by molar-refractivity contribution is -0.175. The van der Waals surface area contributed by atoms with Gasteiger partial charge in [-0.05, 0) is 17.7 Å². The Morgan fingerprint density at radius 1 is 1.31 bits per heavy atom. The van der Waals surface area contributed by atoms with Gasteiger partial charge in [0.15, 0.2) is 6.10 Å². The van der Waals surface area contributed by atoms with Gasteiger partial charge < -0.3 is 29.4 Å². The number of piperidine rings is 1. The number of likely N-dealkylation sites (tertiary alicyclic amines) is 1. The summed E-state index contributed by atoms with van der Waals surface area (Å²) in [5.74, 6) is 1.54. The second-order valence-electron chi connectivity index (χ2n) is 7.68. The maximum atomic E-state index is 12.9. The van der Waals surface area contributed by atoms with E-state index in [1.54, 1.807) is 20.2 Å². The molecule has 0 bridgehead atoms. The van der Waals surface area contributed by atoms with Crippen LogP contribution in [0.4, 0.5) is 0 Å². The van der Waals surface area contributed by atoms with Crippen molar-refractivity contribution in [3.8, 4) is 5.75 Å². The highest BCUT2D eigenvalue weighted by molar-refractivity contribution is 5.81. The number of rotatable bonds is 4. The van der Waals surface area contributed by atoms with Gasteiger partial charge in [0.1, 0.15) is 17.2 Å². The zero-order chi connectivity index (χ0) is 23.1. The topological polar surface area (TPSA) is 123 Å². The molecule has 1 unspecified atom stereocenters. The molecule has 1 spiro atoms. The number of carbonyl (C=O) groups excluding carboxylic acids is 2. The average molecular weight is 444 g/mol. The van der Waals surface area contributed by atoms with Crippen molar-refractivity contribution in [1.29, 1.82) is 0 Å². The van der Waals surface area contributed by atoms with Crippen molar-refractivity contribution >= 4 is 18.3 Å². The van der Waals surface area contributed by atoms with Gasteiger partial charge in [0.05, 0.1) is 13.7 Å². The van der Waals surface area contributed by atoms with Crippen LogP contribution in [0.2, 0.25) is 0 Å². The van der Waals surface area contributed by atoms with Crippen LogP contribution < -0.4 is 10.1 Å². The lowest BCUT2D eigenvalue weighted by Crippen LogP contribution is -2.54. The number of aromatic nitrogens is 2. The van der Waals surface area contributed by atoms with Crippen LogP contribution in [0.3, 0.4) is 0 Å². The number of nitrogens with one attached hydrogen (secondary N) is 1. The van der Waals surface area contributed by atoms with Crippen LogP contribution in [-0.4, -0.2) is 64.1 Å². The molecule has 3 heterocycles. The first-order chi connectivity index (χ1) is 15.4. The fourth-order valence-electron chi connectivity index (χ4n) is 4.10. The predicted molar refractivity (Wildman–Crippen MR) is 114 cm³/mol. The number of benzene rings is 1. The molecule has 32 heavy (non-hydrogen) atoms. The van der Waals surface area contributed by atoms with Crippen molar-refractivity contribution in [3.05, 3.63) is 48.0 Å². The molecule has 2 aliphatic heterocycles. The lowest BCUT2D eigenvalue weighted by atomic mass is 9.88. The van der Waals surface area contributed by atoms with Crippen molar-refractivity contribution in [2.75, 3.05) is 20.2 Å². The third kappa shape index (κ3) is 5.08. The van der Waals surface area contributed by atoms with Gasteiger partial charge in [-0.3, -0.25) is 14.4 Å². The Labute approximate surface area is 186 Å². The number of ether oxygens (including phenoxy) is 2. The van der Waals surface area contributed by atoms with E-state index in [-0.39, 0.29) is 18.3 Å². The van der Waals surface area contributed by atoms with Crippen molar-refractivity contribution in [1.82, 2.24) is 19.8 Å². The molecule has 2 amide bonds. The van der Waals surface area contributed by atoms with Gasteiger partial charge in [-0.25, -0.2) is 4.98 Å². The Hall–Kier alpha value is -3.40. The number of amides is 2. The average Bonchev–Trinajstić information content (AvgIpc) is 3.28. The third-order valence-electron chi connectivity index (χ3n) is 5.79. The van der Waals surface area contributed by atoms with Gasteiger partial charge in [-0.1, -0.05) is 12.1 Å². The number of carboxylic acid groups (broad SMARTS) is 1. The molecule has 172 valence electrons. The fourth-order valence-corrected chi connectivity index (χ4v) is 4.10. The molecule has 1 saturated heterocycles. The van der Waals surface area contributed by atoms with Crippen molar-refractivity contribution in [2.45, 2.75) is 44.6 Å². The molecule has 0 radical (unpaired) electrons. The maximum absolute atomic E-state index is 12.9. The molecular weight excluding hydrogens is 416 g/mol. The quantitative estimate of drug-likeness (QED) is 0.678. The Morgan fingerprint density at radius 3 is 2.56 bits per heavy atom. The second-order valence-corrected chi connectivity index (χ2v) is 7.68. The first kappa shape index (κ1) is 23.3. The van der Waals surface area contributed by atoms with E-state index >= 15 is 0 Å². The molecule has 2 aromatic rings. The molecule has 1 aromatic heterocycles. The van der Waals surface area contributed by atoms with E-state index in [1.807, 2.05) is 39.9 Å². The number of carbonyl (C=O) groups is 3. The van der Waals surface area contributed by atoms with E-state index in [0.717, 1.165) is 17.1 Å². The minimum absolute atomic E-state index is 0.0628. The van der Waals surface area contributed by atoms with Crippen LogP contribution in [-0.2, 0) is 37.8 Å².